The first-order valence-electron chi connectivity index (χ1n) is 12.1. The van der Waals surface area contributed by atoms with Gasteiger partial charge in [0.05, 0.1) is 11.1 Å². The predicted octanol–water partition coefficient (Wildman–Crippen LogP) is -1.12. The van der Waals surface area contributed by atoms with E-state index in [9.17, 15) is 27.7 Å². The standard InChI is InChI=1S/C28H27NO10S.Na/c1-36-28-22(29-25(30)18-11-5-2-6-12-18)23(39-27(32)20-15-9-4-10-16-20)24(40(33,34)35)21(38-28)17-37-26(31)19-13-7-3-8-14-19;/h2-16,21-24,28H,17H2,1H3,(H,29,30)(H,33,34,35);/q;+1/p-1/t21-,22-,23-,24-,28+;/m1./s1. The number of carbonyl (C=O) groups is 2. The van der Waals surface area contributed by atoms with Crippen molar-refractivity contribution in [3.8, 4) is 0 Å². The van der Waals surface area contributed by atoms with Crippen LogP contribution in [0.5, 0.6) is 0 Å². The smallest absolute Gasteiger partial charge is 0.858 e. The molecule has 0 saturated carbocycles. The van der Waals surface area contributed by atoms with Crippen molar-refractivity contribution in [2.45, 2.75) is 29.8 Å². The number of methoxy groups -OCH3 is 1. The van der Waals surface area contributed by atoms with Gasteiger partial charge in [0.15, 0.2) is 17.6 Å². The number of esters is 2. The molecule has 1 heterocycles. The van der Waals surface area contributed by atoms with Crippen LogP contribution in [0.25, 0.3) is 0 Å². The summed E-state index contributed by atoms with van der Waals surface area (Å²) in [6.07, 6.45) is -4.74. The fourth-order valence-corrected chi connectivity index (χ4v) is 5.31. The van der Waals surface area contributed by atoms with Crippen molar-refractivity contribution in [3.63, 3.8) is 0 Å². The number of ether oxygens (including phenoxy) is 4. The topological polar surface area (TPSA) is 161 Å². The van der Waals surface area contributed by atoms with Crippen molar-refractivity contribution < 1.29 is 76.2 Å². The molecule has 3 aromatic carbocycles. The van der Waals surface area contributed by atoms with Crippen molar-refractivity contribution in [3.05, 3.63) is 108 Å². The van der Waals surface area contributed by atoms with Crippen LogP contribution in [0.3, 0.4) is 0 Å². The number of benzene rings is 3. The molecule has 0 aromatic heterocycles. The third kappa shape index (κ3) is 8.23. The van der Waals surface area contributed by atoms with Crippen molar-refractivity contribution in [1.82, 2.24) is 0 Å². The van der Waals surface area contributed by atoms with Gasteiger partial charge in [0.2, 0.25) is 0 Å². The first-order valence-corrected chi connectivity index (χ1v) is 13.6. The van der Waals surface area contributed by atoms with Crippen LogP contribution < -0.4 is 34.7 Å². The average molecular weight is 592 g/mol. The maximum absolute atomic E-state index is 13.0. The zero-order valence-electron chi connectivity index (χ0n) is 22.2. The monoisotopic (exact) mass is 591 g/mol. The fraction of sp³-hybridized carbons (Fsp3) is 0.250. The van der Waals surface area contributed by atoms with E-state index in [0.29, 0.717) is 0 Å². The second kappa shape index (κ2) is 14.7. The molecule has 13 heteroatoms. The van der Waals surface area contributed by atoms with Gasteiger partial charge < -0.3 is 24.1 Å². The summed E-state index contributed by atoms with van der Waals surface area (Å²) in [7, 11) is -3.83. The van der Waals surface area contributed by atoms with Gasteiger partial charge in [-0.1, -0.05) is 66.7 Å². The molecule has 3 aromatic rings. The van der Waals surface area contributed by atoms with E-state index in [1.165, 1.54) is 43.5 Å². The first kappa shape index (κ1) is 32.4. The van der Waals surface area contributed by atoms with Gasteiger partial charge in [0, 0.05) is 7.11 Å². The van der Waals surface area contributed by atoms with E-state index in [0.717, 1.165) is 0 Å². The number of carbonyl (C=O) groups excluding carboxylic acids is 2. The van der Waals surface area contributed by atoms with Gasteiger partial charge in [-0.15, -0.1) is 0 Å². The minimum Gasteiger partial charge on any atom is -0.858 e. The third-order valence-electron chi connectivity index (χ3n) is 6.12. The number of nitrogens with zero attached hydrogens (tertiary/aromatic N) is 1. The Morgan fingerprint density at radius 1 is 0.878 bits per heavy atom. The Morgan fingerprint density at radius 3 is 1.85 bits per heavy atom. The van der Waals surface area contributed by atoms with Crippen LogP contribution in [0.4, 0.5) is 0 Å². The Balaban J connectivity index is 0.00000462. The first-order chi connectivity index (χ1) is 19.2. The molecule has 1 aliphatic heterocycles. The van der Waals surface area contributed by atoms with Crippen molar-refractivity contribution in [2.75, 3.05) is 13.7 Å². The molecular formula is C28H26NNaO10S. The molecule has 11 nitrogen and oxygen atoms in total. The Morgan fingerprint density at radius 2 is 1.37 bits per heavy atom. The minimum absolute atomic E-state index is 0. The predicted molar refractivity (Wildman–Crippen MR) is 140 cm³/mol. The summed E-state index contributed by atoms with van der Waals surface area (Å²) < 4.78 is 57.7. The van der Waals surface area contributed by atoms with Gasteiger partial charge in [-0.05, 0) is 35.7 Å². The van der Waals surface area contributed by atoms with E-state index in [1.807, 2.05) is 0 Å². The second-order valence-electron chi connectivity index (χ2n) is 8.75. The molecule has 210 valence electrons. The molecule has 0 spiro atoms. The van der Waals surface area contributed by atoms with Crippen molar-refractivity contribution >= 4 is 28.0 Å². The average Bonchev–Trinajstić information content (AvgIpc) is 2.97. The molecule has 4 rings (SSSR count). The molecule has 1 N–H and O–H groups in total. The van der Waals surface area contributed by atoms with Crippen LogP contribution in [0, 0.1) is 0 Å². The number of hydrogen-bond acceptors (Lipinski definition) is 10. The van der Waals surface area contributed by atoms with E-state index in [2.05, 4.69) is 4.99 Å². The Hall–Kier alpha value is -3.10. The molecule has 41 heavy (non-hydrogen) atoms. The Bertz CT molecular complexity index is 1440. The van der Waals surface area contributed by atoms with Gasteiger partial charge in [-0.3, -0.25) is 9.55 Å². The maximum atomic E-state index is 13.0. The largest absolute Gasteiger partial charge is 1.00 e. The molecule has 0 bridgehead atoms. The zero-order chi connectivity index (χ0) is 28.7. The Kier molecular flexibility index (Phi) is 11.6. The normalized spacial score (nSPS) is 22.7. The summed E-state index contributed by atoms with van der Waals surface area (Å²) in [4.78, 5) is 29.7. The summed E-state index contributed by atoms with van der Waals surface area (Å²) in [6, 6.07) is 22.0. The van der Waals surface area contributed by atoms with Crippen LogP contribution in [-0.4, -0.2) is 74.3 Å². The molecule has 1 saturated heterocycles. The van der Waals surface area contributed by atoms with Crippen LogP contribution in [0.15, 0.2) is 96.0 Å². The molecule has 5 atom stereocenters. The number of aliphatic imine (C=N–C) groups is 1. The summed E-state index contributed by atoms with van der Waals surface area (Å²) in [5.41, 5.74) is 0.448. The summed E-state index contributed by atoms with van der Waals surface area (Å²) >= 11 is 0. The second-order valence-corrected chi connectivity index (χ2v) is 10.3. The van der Waals surface area contributed by atoms with Crippen LogP contribution in [0.1, 0.15) is 26.3 Å². The van der Waals surface area contributed by atoms with Gasteiger partial charge in [-0.2, -0.15) is 8.42 Å². The van der Waals surface area contributed by atoms with Crippen molar-refractivity contribution in [1.29, 1.82) is 0 Å². The SMILES string of the molecule is CO[C@H]1O[C@H](COC(=O)c2ccccc2)[C@@H](S(=O)(=O)O)[C@H](OC(=O)c2ccccc2)[C@H]1N=C([O-])c1ccccc1.[Na+]. The van der Waals surface area contributed by atoms with Crippen LogP contribution in [-0.2, 0) is 29.1 Å². The van der Waals surface area contributed by atoms with E-state index >= 15 is 0 Å². The number of rotatable bonds is 9. The molecule has 1 aliphatic rings. The zero-order valence-corrected chi connectivity index (χ0v) is 25.0. The maximum Gasteiger partial charge on any atom is 1.00 e. The van der Waals surface area contributed by atoms with Crippen LogP contribution >= 0.6 is 0 Å². The molecule has 1 fully saturated rings. The summed E-state index contributed by atoms with van der Waals surface area (Å²) in [6.45, 7) is -0.656. The molecule has 0 radical (unpaired) electrons. The molecule has 0 aliphatic carbocycles. The van der Waals surface area contributed by atoms with E-state index < -0.39 is 64.4 Å². The van der Waals surface area contributed by atoms with E-state index in [1.54, 1.807) is 54.6 Å². The van der Waals surface area contributed by atoms with Gasteiger partial charge in [0.25, 0.3) is 10.1 Å². The van der Waals surface area contributed by atoms with Crippen molar-refractivity contribution in [2.24, 2.45) is 4.99 Å². The van der Waals surface area contributed by atoms with Gasteiger partial charge in [0.1, 0.15) is 18.8 Å². The van der Waals surface area contributed by atoms with Gasteiger partial charge in [-0.25, -0.2) is 9.59 Å². The Labute approximate surface area is 259 Å². The fourth-order valence-electron chi connectivity index (χ4n) is 4.22. The number of hydrogen-bond donors (Lipinski definition) is 1. The van der Waals surface area contributed by atoms with E-state index in [4.69, 9.17) is 18.9 Å². The molecule has 0 unspecified atom stereocenters. The third-order valence-corrected chi connectivity index (χ3v) is 7.38. The molecular weight excluding hydrogens is 565 g/mol. The van der Waals surface area contributed by atoms with Crippen LogP contribution in [0.2, 0.25) is 0 Å². The van der Waals surface area contributed by atoms with E-state index in [-0.39, 0.29) is 46.2 Å². The van der Waals surface area contributed by atoms with Gasteiger partial charge >= 0.3 is 41.5 Å². The minimum atomic E-state index is -5.05. The summed E-state index contributed by atoms with van der Waals surface area (Å²) in [5.74, 6) is -2.49. The quantitative estimate of drug-likeness (QED) is 0.106. The molecule has 0 amide bonds. The summed E-state index contributed by atoms with van der Waals surface area (Å²) in [5, 5.41) is 11.0.